The number of benzene rings is 1. The fraction of sp³-hybridized carbons (Fsp3) is 0.529. The predicted octanol–water partition coefficient (Wildman–Crippen LogP) is 1.21. The fourth-order valence-corrected chi connectivity index (χ4v) is 2.71. The van der Waals surface area contributed by atoms with Crippen LogP contribution in [0.15, 0.2) is 24.3 Å². The first-order chi connectivity index (χ1) is 11.0. The van der Waals surface area contributed by atoms with Crippen LogP contribution in [0.25, 0.3) is 0 Å². The van der Waals surface area contributed by atoms with E-state index in [1.54, 1.807) is 13.2 Å². The Labute approximate surface area is 137 Å². The zero-order valence-electron chi connectivity index (χ0n) is 14.1. The van der Waals surface area contributed by atoms with Crippen LogP contribution in [-0.2, 0) is 9.59 Å². The topological polar surface area (TPSA) is 53.1 Å². The summed E-state index contributed by atoms with van der Waals surface area (Å²) in [5, 5.41) is 0. The Morgan fingerprint density at radius 1 is 1.22 bits per heavy atom. The summed E-state index contributed by atoms with van der Waals surface area (Å²) in [6, 6.07) is 7.21. The molecule has 0 aliphatic carbocycles. The van der Waals surface area contributed by atoms with Crippen LogP contribution < -0.4 is 9.64 Å². The summed E-state index contributed by atoms with van der Waals surface area (Å²) in [7, 11) is 1.58. The number of hydrogen-bond donors (Lipinski definition) is 0. The maximum absolute atomic E-state index is 12.5. The summed E-state index contributed by atoms with van der Waals surface area (Å²) in [6.45, 7) is 7.88. The molecule has 2 amide bonds. The summed E-state index contributed by atoms with van der Waals surface area (Å²) in [5.74, 6) is 0.496. The van der Waals surface area contributed by atoms with E-state index in [4.69, 9.17) is 4.74 Å². The second-order valence-corrected chi connectivity index (χ2v) is 5.62. The molecular weight excluding hydrogens is 294 g/mol. The minimum Gasteiger partial charge on any atom is -0.497 e. The van der Waals surface area contributed by atoms with Crippen molar-refractivity contribution >= 4 is 17.5 Å². The van der Waals surface area contributed by atoms with Gasteiger partial charge in [-0.2, -0.15) is 0 Å². The van der Waals surface area contributed by atoms with Gasteiger partial charge in [-0.25, -0.2) is 0 Å². The molecule has 0 aromatic heterocycles. The van der Waals surface area contributed by atoms with Crippen LogP contribution in [0.4, 0.5) is 5.69 Å². The number of ether oxygens (including phenoxy) is 1. The number of amides is 2. The predicted molar refractivity (Wildman–Crippen MR) is 89.7 cm³/mol. The van der Waals surface area contributed by atoms with Gasteiger partial charge in [-0.3, -0.25) is 9.59 Å². The van der Waals surface area contributed by atoms with Crippen LogP contribution in [0, 0.1) is 0 Å². The van der Waals surface area contributed by atoms with E-state index >= 15 is 0 Å². The molecule has 1 aliphatic rings. The molecule has 6 heteroatoms. The molecule has 0 atom stereocenters. The smallest absolute Gasteiger partial charge is 0.242 e. The van der Waals surface area contributed by atoms with Crippen LogP contribution in [-0.4, -0.2) is 68.0 Å². The zero-order valence-corrected chi connectivity index (χ0v) is 14.1. The van der Waals surface area contributed by atoms with E-state index in [9.17, 15) is 9.59 Å². The van der Waals surface area contributed by atoms with Crippen LogP contribution in [0.2, 0.25) is 0 Å². The molecule has 0 saturated carbocycles. The average molecular weight is 319 g/mol. The minimum atomic E-state index is -0.154. The number of piperazine rings is 1. The molecule has 1 fully saturated rings. The normalized spacial score (nSPS) is 15.3. The Kier molecular flexibility index (Phi) is 5.98. The number of nitrogens with zero attached hydrogens (tertiary/aromatic N) is 3. The van der Waals surface area contributed by atoms with Crippen molar-refractivity contribution in [3.63, 3.8) is 0 Å². The zero-order chi connectivity index (χ0) is 16.8. The lowest BCUT2D eigenvalue weighted by atomic mass is 10.2. The Hall–Kier alpha value is -2.08. The van der Waals surface area contributed by atoms with Gasteiger partial charge in [-0.1, -0.05) is 13.0 Å². The molecule has 0 N–H and O–H groups in total. The van der Waals surface area contributed by atoms with E-state index < -0.39 is 0 Å². The van der Waals surface area contributed by atoms with E-state index in [0.29, 0.717) is 11.4 Å². The van der Waals surface area contributed by atoms with Gasteiger partial charge in [0.2, 0.25) is 11.8 Å². The van der Waals surface area contributed by atoms with Crippen molar-refractivity contribution in [2.75, 3.05) is 51.3 Å². The van der Waals surface area contributed by atoms with E-state index in [1.807, 2.05) is 23.1 Å². The maximum Gasteiger partial charge on any atom is 0.242 e. The Bertz CT molecular complexity index is 554. The first kappa shape index (κ1) is 17.3. The molecular formula is C17H25N3O3. The van der Waals surface area contributed by atoms with Gasteiger partial charge < -0.3 is 19.4 Å². The number of carbonyl (C=O) groups is 2. The number of hydrogen-bond acceptors (Lipinski definition) is 4. The Morgan fingerprint density at radius 2 is 1.91 bits per heavy atom. The molecule has 0 unspecified atom stereocenters. The molecule has 23 heavy (non-hydrogen) atoms. The third-order valence-corrected chi connectivity index (χ3v) is 4.21. The summed E-state index contributed by atoms with van der Waals surface area (Å²) >= 11 is 0. The van der Waals surface area contributed by atoms with E-state index in [-0.39, 0.29) is 18.4 Å². The molecule has 6 nitrogen and oxygen atoms in total. The standard InChI is InChI=1S/C17H25N3O3/c1-4-18-8-10-19(11-9-18)17(22)13-20(14(2)21)15-6-5-7-16(12-15)23-3/h5-7,12H,4,8-11,13H2,1-3H3. The van der Waals surface area contributed by atoms with E-state index in [2.05, 4.69) is 11.8 Å². The van der Waals surface area contributed by atoms with Crippen molar-refractivity contribution in [2.24, 2.45) is 0 Å². The summed E-state index contributed by atoms with van der Waals surface area (Å²) in [4.78, 5) is 30.1. The number of methoxy groups -OCH3 is 1. The van der Waals surface area contributed by atoms with Crippen LogP contribution >= 0.6 is 0 Å². The summed E-state index contributed by atoms with van der Waals surface area (Å²) in [5.41, 5.74) is 0.678. The first-order valence-corrected chi connectivity index (χ1v) is 7.97. The van der Waals surface area contributed by atoms with Gasteiger partial charge in [0.25, 0.3) is 0 Å². The van der Waals surface area contributed by atoms with Gasteiger partial charge in [0.15, 0.2) is 0 Å². The quantitative estimate of drug-likeness (QED) is 0.819. The Balaban J connectivity index is 2.04. The number of rotatable bonds is 5. The van der Waals surface area contributed by atoms with Crippen molar-refractivity contribution in [3.8, 4) is 5.75 Å². The molecule has 1 aromatic carbocycles. The Morgan fingerprint density at radius 3 is 2.48 bits per heavy atom. The lowest BCUT2D eigenvalue weighted by Crippen LogP contribution is -2.51. The molecule has 1 heterocycles. The van der Waals surface area contributed by atoms with Crippen molar-refractivity contribution in [1.82, 2.24) is 9.80 Å². The average Bonchev–Trinajstić information content (AvgIpc) is 2.59. The summed E-state index contributed by atoms with van der Waals surface area (Å²) in [6.07, 6.45) is 0. The monoisotopic (exact) mass is 319 g/mol. The molecule has 1 aliphatic heterocycles. The molecule has 1 aromatic rings. The minimum absolute atomic E-state index is 0.0150. The van der Waals surface area contributed by atoms with Crippen molar-refractivity contribution < 1.29 is 14.3 Å². The van der Waals surface area contributed by atoms with Crippen LogP contribution in [0.1, 0.15) is 13.8 Å². The highest BCUT2D eigenvalue weighted by Crippen LogP contribution is 2.21. The van der Waals surface area contributed by atoms with Crippen LogP contribution in [0.5, 0.6) is 5.75 Å². The van der Waals surface area contributed by atoms with E-state index in [0.717, 1.165) is 32.7 Å². The van der Waals surface area contributed by atoms with Crippen molar-refractivity contribution in [3.05, 3.63) is 24.3 Å². The highest BCUT2D eigenvalue weighted by molar-refractivity contribution is 5.97. The maximum atomic E-state index is 12.5. The lowest BCUT2D eigenvalue weighted by Gasteiger charge is -2.35. The third-order valence-electron chi connectivity index (χ3n) is 4.21. The highest BCUT2D eigenvalue weighted by atomic mass is 16.5. The van der Waals surface area contributed by atoms with Gasteiger partial charge in [-0.05, 0) is 18.7 Å². The molecule has 1 saturated heterocycles. The molecule has 0 bridgehead atoms. The second kappa shape index (κ2) is 7.97. The van der Waals surface area contributed by atoms with Crippen LogP contribution in [0.3, 0.4) is 0 Å². The third kappa shape index (κ3) is 4.45. The fourth-order valence-electron chi connectivity index (χ4n) is 2.71. The first-order valence-electron chi connectivity index (χ1n) is 7.97. The van der Waals surface area contributed by atoms with Gasteiger partial charge in [0, 0.05) is 44.9 Å². The summed E-state index contributed by atoms with van der Waals surface area (Å²) < 4.78 is 5.19. The SMILES string of the molecule is CCN1CCN(C(=O)CN(C(C)=O)c2cccc(OC)c2)CC1. The lowest BCUT2D eigenvalue weighted by molar-refractivity contribution is -0.132. The van der Waals surface area contributed by atoms with Crippen molar-refractivity contribution in [1.29, 1.82) is 0 Å². The molecule has 126 valence electrons. The number of carbonyl (C=O) groups excluding carboxylic acids is 2. The number of anilines is 1. The van der Waals surface area contributed by atoms with Gasteiger partial charge in [-0.15, -0.1) is 0 Å². The second-order valence-electron chi connectivity index (χ2n) is 5.62. The largest absolute Gasteiger partial charge is 0.497 e. The highest BCUT2D eigenvalue weighted by Gasteiger charge is 2.23. The molecule has 0 spiro atoms. The van der Waals surface area contributed by atoms with Gasteiger partial charge in [0.05, 0.1) is 7.11 Å². The van der Waals surface area contributed by atoms with Gasteiger partial charge >= 0.3 is 0 Å². The molecule has 2 rings (SSSR count). The van der Waals surface area contributed by atoms with Crippen molar-refractivity contribution in [2.45, 2.75) is 13.8 Å². The number of likely N-dealkylation sites (N-methyl/N-ethyl adjacent to an activating group) is 1. The molecule has 0 radical (unpaired) electrons. The van der Waals surface area contributed by atoms with Gasteiger partial charge in [0.1, 0.15) is 12.3 Å². The van der Waals surface area contributed by atoms with E-state index in [1.165, 1.54) is 11.8 Å².